The van der Waals surface area contributed by atoms with Crippen molar-refractivity contribution in [2.75, 3.05) is 13.1 Å². The normalized spacial score (nSPS) is 25.3. The number of aliphatic hydroxyl groups excluding tert-OH is 1. The summed E-state index contributed by atoms with van der Waals surface area (Å²) < 4.78 is 0. The molecule has 1 aromatic carbocycles. The Kier molecular flexibility index (Phi) is 5.15. The number of hydrogen-bond acceptors (Lipinski definition) is 3. The van der Waals surface area contributed by atoms with E-state index in [0.717, 1.165) is 24.9 Å². The Morgan fingerprint density at radius 1 is 1.40 bits per heavy atom. The standard InChI is InChI=1S/C16H23NO3/c1-2-12-8-9-17(14(10-12)16(19)20)11-15(18)13-6-4-3-5-7-13/h3-7,12,14-15,18H,2,8-11H2,1H3,(H,19,20). The Labute approximate surface area is 120 Å². The molecule has 110 valence electrons. The molecule has 1 aromatic rings. The van der Waals surface area contributed by atoms with Crippen LogP contribution in [0.1, 0.15) is 37.9 Å². The third kappa shape index (κ3) is 3.58. The van der Waals surface area contributed by atoms with Crippen LogP contribution in [-0.4, -0.2) is 40.2 Å². The third-order valence-corrected chi connectivity index (χ3v) is 4.28. The van der Waals surface area contributed by atoms with Crippen LogP contribution in [0.2, 0.25) is 0 Å². The van der Waals surface area contributed by atoms with Gasteiger partial charge in [-0.05, 0) is 30.9 Å². The minimum atomic E-state index is -0.775. The molecule has 1 saturated heterocycles. The van der Waals surface area contributed by atoms with E-state index in [1.54, 1.807) is 0 Å². The van der Waals surface area contributed by atoms with Gasteiger partial charge in [-0.1, -0.05) is 43.7 Å². The number of carbonyl (C=O) groups is 1. The number of piperidine rings is 1. The number of β-amino-alcohol motifs (C(OH)–C–C–N with tert-alkyl or cyclic N) is 1. The first kappa shape index (κ1) is 15.0. The second kappa shape index (κ2) is 6.86. The first-order chi connectivity index (χ1) is 9.61. The molecular formula is C16H23NO3. The minimum absolute atomic E-state index is 0.386. The van der Waals surface area contributed by atoms with E-state index >= 15 is 0 Å². The van der Waals surface area contributed by atoms with E-state index in [4.69, 9.17) is 0 Å². The fourth-order valence-corrected chi connectivity index (χ4v) is 2.94. The van der Waals surface area contributed by atoms with E-state index < -0.39 is 18.1 Å². The van der Waals surface area contributed by atoms with Gasteiger partial charge in [0.2, 0.25) is 0 Å². The van der Waals surface area contributed by atoms with Crippen LogP contribution in [0.15, 0.2) is 30.3 Å². The van der Waals surface area contributed by atoms with Crippen molar-refractivity contribution >= 4 is 5.97 Å². The number of rotatable bonds is 5. The lowest BCUT2D eigenvalue weighted by Crippen LogP contribution is -2.48. The fourth-order valence-electron chi connectivity index (χ4n) is 2.94. The lowest BCUT2D eigenvalue weighted by molar-refractivity contribution is -0.146. The van der Waals surface area contributed by atoms with E-state index in [1.807, 2.05) is 35.2 Å². The number of likely N-dealkylation sites (tertiary alicyclic amines) is 1. The summed E-state index contributed by atoms with van der Waals surface area (Å²) in [6.45, 7) is 3.24. The van der Waals surface area contributed by atoms with Gasteiger partial charge in [0.15, 0.2) is 0 Å². The maximum Gasteiger partial charge on any atom is 0.320 e. The molecule has 0 spiro atoms. The van der Waals surface area contributed by atoms with Crippen molar-refractivity contribution in [1.29, 1.82) is 0 Å². The van der Waals surface area contributed by atoms with E-state index in [2.05, 4.69) is 6.92 Å². The molecule has 20 heavy (non-hydrogen) atoms. The van der Waals surface area contributed by atoms with Gasteiger partial charge in [-0.2, -0.15) is 0 Å². The fraction of sp³-hybridized carbons (Fsp3) is 0.562. The second-order valence-electron chi connectivity index (χ2n) is 5.57. The molecule has 1 aliphatic rings. The molecule has 0 radical (unpaired) electrons. The Hall–Kier alpha value is -1.39. The highest BCUT2D eigenvalue weighted by molar-refractivity contribution is 5.73. The SMILES string of the molecule is CCC1CCN(CC(O)c2ccccc2)C(C(=O)O)C1. The molecule has 0 aliphatic carbocycles. The number of carboxylic acids is 1. The summed E-state index contributed by atoms with van der Waals surface area (Å²) >= 11 is 0. The molecule has 2 rings (SSSR count). The van der Waals surface area contributed by atoms with Crippen molar-refractivity contribution in [2.24, 2.45) is 5.92 Å². The smallest absolute Gasteiger partial charge is 0.320 e. The molecule has 3 atom stereocenters. The zero-order valence-corrected chi connectivity index (χ0v) is 11.9. The van der Waals surface area contributed by atoms with Gasteiger partial charge >= 0.3 is 5.97 Å². The van der Waals surface area contributed by atoms with Gasteiger partial charge in [-0.15, -0.1) is 0 Å². The van der Waals surface area contributed by atoms with Gasteiger partial charge in [-0.3, -0.25) is 9.69 Å². The van der Waals surface area contributed by atoms with Crippen LogP contribution >= 0.6 is 0 Å². The van der Waals surface area contributed by atoms with Crippen LogP contribution in [0.3, 0.4) is 0 Å². The highest BCUT2D eigenvalue weighted by Crippen LogP contribution is 2.27. The number of aliphatic hydroxyl groups is 1. The molecule has 4 heteroatoms. The molecule has 1 heterocycles. The number of nitrogens with zero attached hydrogens (tertiary/aromatic N) is 1. The lowest BCUT2D eigenvalue weighted by Gasteiger charge is -2.37. The second-order valence-corrected chi connectivity index (χ2v) is 5.57. The molecule has 1 fully saturated rings. The van der Waals surface area contributed by atoms with Crippen molar-refractivity contribution in [3.8, 4) is 0 Å². The zero-order valence-electron chi connectivity index (χ0n) is 11.9. The van der Waals surface area contributed by atoms with Crippen LogP contribution < -0.4 is 0 Å². The summed E-state index contributed by atoms with van der Waals surface area (Å²) in [5.41, 5.74) is 0.842. The van der Waals surface area contributed by atoms with Crippen molar-refractivity contribution < 1.29 is 15.0 Å². The molecule has 1 aliphatic heterocycles. The number of hydrogen-bond donors (Lipinski definition) is 2. The van der Waals surface area contributed by atoms with Crippen molar-refractivity contribution in [3.63, 3.8) is 0 Å². The zero-order chi connectivity index (χ0) is 14.5. The third-order valence-electron chi connectivity index (χ3n) is 4.28. The van der Waals surface area contributed by atoms with Crippen molar-refractivity contribution in [1.82, 2.24) is 4.90 Å². The summed E-state index contributed by atoms with van der Waals surface area (Å²) in [6, 6.07) is 8.96. The predicted octanol–water partition coefficient (Wildman–Crippen LogP) is 2.30. The summed E-state index contributed by atoms with van der Waals surface area (Å²) in [4.78, 5) is 13.3. The Bertz CT molecular complexity index is 435. The van der Waals surface area contributed by atoms with Crippen LogP contribution in [0, 0.1) is 5.92 Å². The predicted molar refractivity (Wildman–Crippen MR) is 77.4 cm³/mol. The summed E-state index contributed by atoms with van der Waals surface area (Å²) in [5.74, 6) is -0.287. The summed E-state index contributed by atoms with van der Waals surface area (Å²) in [5, 5.41) is 19.6. The molecule has 4 nitrogen and oxygen atoms in total. The average Bonchev–Trinajstić information content (AvgIpc) is 2.48. The number of carboxylic acid groups (broad SMARTS) is 1. The largest absolute Gasteiger partial charge is 0.480 e. The van der Waals surface area contributed by atoms with Gasteiger partial charge in [0, 0.05) is 6.54 Å². The monoisotopic (exact) mass is 277 g/mol. The molecule has 0 amide bonds. The summed E-state index contributed by atoms with van der Waals surface area (Å²) in [6.07, 6.45) is 2.10. The van der Waals surface area contributed by atoms with Gasteiger partial charge < -0.3 is 10.2 Å². The number of aliphatic carboxylic acids is 1. The van der Waals surface area contributed by atoms with E-state index in [1.165, 1.54) is 0 Å². The lowest BCUT2D eigenvalue weighted by atomic mass is 9.88. The van der Waals surface area contributed by atoms with Gasteiger partial charge in [0.1, 0.15) is 6.04 Å². The van der Waals surface area contributed by atoms with Gasteiger partial charge in [0.05, 0.1) is 6.10 Å². The van der Waals surface area contributed by atoms with Crippen LogP contribution in [0.5, 0.6) is 0 Å². The molecule has 0 saturated carbocycles. The minimum Gasteiger partial charge on any atom is -0.480 e. The Morgan fingerprint density at radius 3 is 2.70 bits per heavy atom. The van der Waals surface area contributed by atoms with E-state index in [0.29, 0.717) is 18.9 Å². The maximum atomic E-state index is 11.4. The number of benzene rings is 1. The van der Waals surface area contributed by atoms with Crippen molar-refractivity contribution in [3.05, 3.63) is 35.9 Å². The molecule has 0 bridgehead atoms. The highest BCUT2D eigenvalue weighted by Gasteiger charge is 2.33. The quantitative estimate of drug-likeness (QED) is 0.867. The van der Waals surface area contributed by atoms with Crippen LogP contribution in [0.4, 0.5) is 0 Å². The van der Waals surface area contributed by atoms with Crippen LogP contribution in [-0.2, 0) is 4.79 Å². The summed E-state index contributed by atoms with van der Waals surface area (Å²) in [7, 11) is 0. The van der Waals surface area contributed by atoms with Gasteiger partial charge in [-0.25, -0.2) is 0 Å². The molecule has 2 N–H and O–H groups in total. The Balaban J connectivity index is 2.02. The van der Waals surface area contributed by atoms with Crippen molar-refractivity contribution in [2.45, 2.75) is 38.3 Å². The first-order valence-corrected chi connectivity index (χ1v) is 7.31. The molecular weight excluding hydrogens is 254 g/mol. The van der Waals surface area contributed by atoms with E-state index in [-0.39, 0.29) is 0 Å². The topological polar surface area (TPSA) is 60.8 Å². The van der Waals surface area contributed by atoms with Crippen LogP contribution in [0.25, 0.3) is 0 Å². The van der Waals surface area contributed by atoms with Gasteiger partial charge in [0.25, 0.3) is 0 Å². The average molecular weight is 277 g/mol. The Morgan fingerprint density at radius 2 is 2.10 bits per heavy atom. The van der Waals surface area contributed by atoms with E-state index in [9.17, 15) is 15.0 Å². The first-order valence-electron chi connectivity index (χ1n) is 7.31. The molecule has 0 aromatic heterocycles. The maximum absolute atomic E-state index is 11.4. The molecule has 3 unspecified atom stereocenters. The highest BCUT2D eigenvalue weighted by atomic mass is 16.4.